The summed E-state index contributed by atoms with van der Waals surface area (Å²) in [6.45, 7) is 6.96. The van der Waals surface area contributed by atoms with E-state index >= 15 is 0 Å². The van der Waals surface area contributed by atoms with Crippen molar-refractivity contribution in [2.45, 2.75) is 26.7 Å². The summed E-state index contributed by atoms with van der Waals surface area (Å²) < 4.78 is 19.2. The normalized spacial score (nSPS) is 12.9. The van der Waals surface area contributed by atoms with E-state index in [0.717, 1.165) is 38.1 Å². The number of halogens is 2. The van der Waals surface area contributed by atoms with E-state index < -0.39 is 0 Å². The Morgan fingerprint density at radius 1 is 1.35 bits per heavy atom. The van der Waals surface area contributed by atoms with Gasteiger partial charge in [0, 0.05) is 13.7 Å². The molecule has 0 fully saturated rings. The van der Waals surface area contributed by atoms with Crippen LogP contribution < -0.4 is 5.32 Å². The van der Waals surface area contributed by atoms with E-state index in [2.05, 4.69) is 35.1 Å². The van der Waals surface area contributed by atoms with Gasteiger partial charge in [0.05, 0.1) is 11.1 Å². The van der Waals surface area contributed by atoms with Gasteiger partial charge in [-0.2, -0.15) is 0 Å². The van der Waals surface area contributed by atoms with Gasteiger partial charge in [0.1, 0.15) is 5.82 Å². The summed E-state index contributed by atoms with van der Waals surface area (Å²) in [5.41, 5.74) is 1.05. The van der Waals surface area contributed by atoms with Crippen LogP contribution in [0.25, 0.3) is 0 Å². The van der Waals surface area contributed by atoms with Gasteiger partial charge in [-0.05, 0) is 58.8 Å². The highest BCUT2D eigenvalue weighted by molar-refractivity contribution is 9.10. The van der Waals surface area contributed by atoms with E-state index in [9.17, 15) is 4.39 Å². The van der Waals surface area contributed by atoms with Crippen molar-refractivity contribution >= 4 is 15.9 Å². The molecule has 0 spiro atoms. The molecule has 0 amide bonds. The van der Waals surface area contributed by atoms with Crippen LogP contribution in [0.4, 0.5) is 4.39 Å². The Balaban J connectivity index is 2.61. The summed E-state index contributed by atoms with van der Waals surface area (Å²) in [6, 6.07) is 5.26. The van der Waals surface area contributed by atoms with Gasteiger partial charge >= 0.3 is 0 Å². The second kappa shape index (κ2) is 9.48. The maximum Gasteiger partial charge on any atom is 0.137 e. The number of hydrogen-bond donors (Lipinski definition) is 1. The Kier molecular flexibility index (Phi) is 8.34. The van der Waals surface area contributed by atoms with Gasteiger partial charge in [0.15, 0.2) is 0 Å². The predicted octanol–water partition coefficient (Wildman–Crippen LogP) is 4.03. The van der Waals surface area contributed by atoms with Crippen molar-refractivity contribution in [3.05, 3.63) is 34.1 Å². The van der Waals surface area contributed by atoms with E-state index in [-0.39, 0.29) is 5.82 Å². The zero-order valence-corrected chi connectivity index (χ0v) is 14.2. The average Bonchev–Trinajstić information content (AvgIpc) is 2.39. The molecule has 0 aliphatic carbocycles. The van der Waals surface area contributed by atoms with Crippen LogP contribution in [0.1, 0.15) is 25.8 Å². The van der Waals surface area contributed by atoms with Crippen molar-refractivity contribution in [2.24, 2.45) is 11.8 Å². The molecule has 0 aliphatic heterocycles. The number of ether oxygens (including phenoxy) is 1. The molecule has 1 aromatic rings. The molecule has 0 bridgehead atoms. The zero-order chi connectivity index (χ0) is 15.0. The van der Waals surface area contributed by atoms with Gasteiger partial charge in [0.25, 0.3) is 0 Å². The molecule has 4 heteroatoms. The first-order valence-corrected chi connectivity index (χ1v) is 7.96. The molecular weight excluding hydrogens is 321 g/mol. The van der Waals surface area contributed by atoms with Gasteiger partial charge in [-0.3, -0.25) is 0 Å². The first-order chi connectivity index (χ1) is 9.54. The second-order valence-corrected chi connectivity index (χ2v) is 6.40. The van der Waals surface area contributed by atoms with E-state index in [1.807, 2.05) is 6.07 Å². The minimum absolute atomic E-state index is 0.182. The molecule has 0 saturated heterocycles. The third kappa shape index (κ3) is 6.33. The molecule has 0 saturated carbocycles. The summed E-state index contributed by atoms with van der Waals surface area (Å²) >= 11 is 3.35. The molecular formula is C16H25BrFNO. The van der Waals surface area contributed by atoms with Crippen LogP contribution >= 0.6 is 15.9 Å². The van der Waals surface area contributed by atoms with Gasteiger partial charge in [0.2, 0.25) is 0 Å². The first kappa shape index (κ1) is 17.6. The fourth-order valence-corrected chi connectivity index (χ4v) is 2.83. The number of rotatable bonds is 9. The number of benzene rings is 1. The summed E-state index contributed by atoms with van der Waals surface area (Å²) in [5.74, 6) is 0.958. The number of hydrogen-bond acceptors (Lipinski definition) is 2. The van der Waals surface area contributed by atoms with Crippen molar-refractivity contribution in [1.29, 1.82) is 0 Å². The molecule has 1 unspecified atom stereocenters. The Labute approximate surface area is 130 Å². The molecule has 1 N–H and O–H groups in total. The third-order valence-electron chi connectivity index (χ3n) is 3.26. The smallest absolute Gasteiger partial charge is 0.137 e. The van der Waals surface area contributed by atoms with Gasteiger partial charge in [-0.1, -0.05) is 26.0 Å². The maximum atomic E-state index is 13.6. The Bertz CT molecular complexity index is 398. The van der Waals surface area contributed by atoms with Crippen LogP contribution in [-0.2, 0) is 11.2 Å². The van der Waals surface area contributed by atoms with E-state index in [0.29, 0.717) is 16.3 Å². The molecule has 20 heavy (non-hydrogen) atoms. The van der Waals surface area contributed by atoms with Crippen molar-refractivity contribution in [3.8, 4) is 0 Å². The Morgan fingerprint density at radius 3 is 2.75 bits per heavy atom. The zero-order valence-electron chi connectivity index (χ0n) is 12.6. The van der Waals surface area contributed by atoms with E-state index in [4.69, 9.17) is 4.74 Å². The standard InChI is InChI=1S/C16H25BrFNO/c1-12(2)9-13(11-19-7-8-20-3)10-14-5-4-6-15(18)16(14)17/h4-6,12-13,19H,7-11H2,1-3H3. The maximum absolute atomic E-state index is 13.6. The van der Waals surface area contributed by atoms with Gasteiger partial charge in [-0.25, -0.2) is 4.39 Å². The highest BCUT2D eigenvalue weighted by Crippen LogP contribution is 2.25. The molecule has 1 aromatic carbocycles. The average molecular weight is 346 g/mol. The van der Waals surface area contributed by atoms with Crippen LogP contribution in [0.5, 0.6) is 0 Å². The lowest BCUT2D eigenvalue weighted by Crippen LogP contribution is -2.28. The molecule has 0 aliphatic rings. The molecule has 0 heterocycles. The second-order valence-electron chi connectivity index (χ2n) is 5.61. The van der Waals surface area contributed by atoms with Crippen LogP contribution in [0.2, 0.25) is 0 Å². The van der Waals surface area contributed by atoms with Crippen LogP contribution in [0.3, 0.4) is 0 Å². The van der Waals surface area contributed by atoms with Gasteiger partial charge in [-0.15, -0.1) is 0 Å². The topological polar surface area (TPSA) is 21.3 Å². The summed E-state index contributed by atoms with van der Waals surface area (Å²) in [7, 11) is 1.71. The Hall–Kier alpha value is -0.450. The monoisotopic (exact) mass is 345 g/mol. The SMILES string of the molecule is COCCNCC(Cc1cccc(F)c1Br)CC(C)C. The molecule has 114 valence electrons. The lowest BCUT2D eigenvalue weighted by atomic mass is 9.91. The fourth-order valence-electron chi connectivity index (χ4n) is 2.40. The molecule has 0 radical (unpaired) electrons. The number of nitrogens with one attached hydrogen (secondary N) is 1. The van der Waals surface area contributed by atoms with Crippen molar-refractivity contribution < 1.29 is 9.13 Å². The lowest BCUT2D eigenvalue weighted by molar-refractivity contribution is 0.197. The van der Waals surface area contributed by atoms with Crippen molar-refractivity contribution in [2.75, 3.05) is 26.8 Å². The minimum Gasteiger partial charge on any atom is -0.383 e. The summed E-state index contributed by atoms with van der Waals surface area (Å²) in [6.07, 6.45) is 2.01. The molecule has 1 atom stereocenters. The highest BCUT2D eigenvalue weighted by atomic mass is 79.9. The number of methoxy groups -OCH3 is 1. The van der Waals surface area contributed by atoms with Crippen LogP contribution in [0.15, 0.2) is 22.7 Å². The van der Waals surface area contributed by atoms with Crippen molar-refractivity contribution in [3.63, 3.8) is 0 Å². The summed E-state index contributed by atoms with van der Waals surface area (Å²) in [5, 5.41) is 3.41. The fraction of sp³-hybridized carbons (Fsp3) is 0.625. The predicted molar refractivity (Wildman–Crippen MR) is 85.5 cm³/mol. The lowest BCUT2D eigenvalue weighted by Gasteiger charge is -2.20. The van der Waals surface area contributed by atoms with E-state index in [1.165, 1.54) is 6.07 Å². The van der Waals surface area contributed by atoms with Crippen molar-refractivity contribution in [1.82, 2.24) is 5.32 Å². The molecule has 0 aromatic heterocycles. The highest BCUT2D eigenvalue weighted by Gasteiger charge is 2.14. The molecule has 1 rings (SSSR count). The van der Waals surface area contributed by atoms with E-state index in [1.54, 1.807) is 13.2 Å². The Morgan fingerprint density at radius 2 is 2.10 bits per heavy atom. The summed E-state index contributed by atoms with van der Waals surface area (Å²) in [4.78, 5) is 0. The van der Waals surface area contributed by atoms with Crippen LogP contribution in [0, 0.1) is 17.7 Å². The van der Waals surface area contributed by atoms with Gasteiger partial charge < -0.3 is 10.1 Å². The minimum atomic E-state index is -0.182. The van der Waals surface area contributed by atoms with Crippen LogP contribution in [-0.4, -0.2) is 26.8 Å². The molecule has 2 nitrogen and oxygen atoms in total. The quantitative estimate of drug-likeness (QED) is 0.682. The third-order valence-corrected chi connectivity index (χ3v) is 4.15. The first-order valence-electron chi connectivity index (χ1n) is 7.17. The largest absolute Gasteiger partial charge is 0.383 e.